The molecule has 1 aromatic carbocycles. The summed E-state index contributed by atoms with van der Waals surface area (Å²) in [7, 11) is -2.17. The summed E-state index contributed by atoms with van der Waals surface area (Å²) in [5, 5.41) is 20.7. The molecule has 3 aliphatic rings. The first-order valence-electron chi connectivity index (χ1n) is 11.8. The molecule has 0 unspecified atom stereocenters. The van der Waals surface area contributed by atoms with Crippen LogP contribution >= 0.6 is 0 Å². The second kappa shape index (κ2) is 7.46. The maximum atomic E-state index is 13.7. The normalized spacial score (nSPS) is 25.1. The number of hydrogen-bond acceptors (Lipinski definition) is 8. The molecule has 3 atom stereocenters. The number of hydrogen-bond donors (Lipinski definition) is 2. The van der Waals surface area contributed by atoms with Gasteiger partial charge in [0.15, 0.2) is 19.9 Å². The lowest BCUT2D eigenvalue weighted by atomic mass is 9.77. The van der Waals surface area contributed by atoms with E-state index in [0.717, 1.165) is 5.56 Å². The maximum absolute atomic E-state index is 13.7. The van der Waals surface area contributed by atoms with Gasteiger partial charge in [-0.3, -0.25) is 14.6 Å². The minimum atomic E-state index is -2.17. The summed E-state index contributed by atoms with van der Waals surface area (Å²) < 4.78 is 19.4. The smallest absolute Gasteiger partial charge is 0.216 e. The number of phenols is 2. The van der Waals surface area contributed by atoms with Crippen molar-refractivity contribution < 1.29 is 33.7 Å². The standard InChI is InChI=1S/C26H31NO7Si/c1-25(2,3)35(6,7)34-15-10-12-11-27-20-19(16(12)24-23(15)32-26(4,5)33-24)21(30)17-13(28)8-9-14(29)18(17)22(20)31/h8-9,11,15,23-24,28-29H,10H2,1-7H3/t15-,23+,24-/m1/s1. The molecular formula is C26H31NO7Si. The zero-order chi connectivity index (χ0) is 25.7. The summed E-state index contributed by atoms with van der Waals surface area (Å²) in [6.45, 7) is 14.5. The predicted octanol–water partition coefficient (Wildman–Crippen LogP) is 4.41. The molecule has 0 bridgehead atoms. The van der Waals surface area contributed by atoms with E-state index in [9.17, 15) is 19.8 Å². The van der Waals surface area contributed by atoms with Crippen LogP contribution in [0.5, 0.6) is 11.5 Å². The van der Waals surface area contributed by atoms with Gasteiger partial charge in [0.05, 0.1) is 22.8 Å². The van der Waals surface area contributed by atoms with Gasteiger partial charge in [-0.1, -0.05) is 20.8 Å². The van der Waals surface area contributed by atoms with Crippen molar-refractivity contribution in [3.8, 4) is 11.5 Å². The molecule has 1 fully saturated rings. The van der Waals surface area contributed by atoms with Gasteiger partial charge in [-0.05, 0) is 49.7 Å². The Morgan fingerprint density at radius 1 is 1.03 bits per heavy atom. The molecule has 35 heavy (non-hydrogen) atoms. The van der Waals surface area contributed by atoms with Crippen molar-refractivity contribution in [2.45, 2.75) is 83.3 Å². The van der Waals surface area contributed by atoms with E-state index in [1.807, 2.05) is 13.8 Å². The van der Waals surface area contributed by atoms with Crippen LogP contribution in [-0.2, 0) is 20.3 Å². The second-order valence-electron chi connectivity index (χ2n) is 11.6. The Bertz CT molecular complexity index is 1280. The third-order valence-electron chi connectivity index (χ3n) is 7.71. The van der Waals surface area contributed by atoms with E-state index in [2.05, 4.69) is 38.8 Å². The predicted molar refractivity (Wildman–Crippen MR) is 129 cm³/mol. The van der Waals surface area contributed by atoms with Crippen LogP contribution in [0.1, 0.15) is 83.8 Å². The van der Waals surface area contributed by atoms with Crippen LogP contribution in [0, 0.1) is 0 Å². The average molecular weight is 498 g/mol. The van der Waals surface area contributed by atoms with Crippen LogP contribution in [-0.4, -0.2) is 53.1 Å². The largest absolute Gasteiger partial charge is 0.507 e. The Balaban J connectivity index is 1.67. The highest BCUT2D eigenvalue weighted by molar-refractivity contribution is 6.74. The molecule has 0 saturated carbocycles. The van der Waals surface area contributed by atoms with Crippen LogP contribution in [0.15, 0.2) is 18.3 Å². The van der Waals surface area contributed by atoms with Crippen molar-refractivity contribution in [3.63, 3.8) is 0 Å². The lowest BCUT2D eigenvalue weighted by Gasteiger charge is -2.43. The van der Waals surface area contributed by atoms with Gasteiger partial charge in [0.25, 0.3) is 0 Å². The number of ether oxygens (including phenoxy) is 2. The minimum Gasteiger partial charge on any atom is -0.507 e. The number of carbonyl (C=O) groups is 2. The van der Waals surface area contributed by atoms with Crippen LogP contribution in [0.25, 0.3) is 0 Å². The second-order valence-corrected chi connectivity index (χ2v) is 16.3. The topological polar surface area (TPSA) is 115 Å². The SMILES string of the molecule is CC1(C)O[C@@H]2[C@H](O1)c1c(cnc3c1C(=O)c1c(O)ccc(O)c1C3=O)C[C@H]2O[Si](C)(C)C(C)(C)C. The number of pyridine rings is 1. The van der Waals surface area contributed by atoms with Gasteiger partial charge in [0.1, 0.15) is 29.4 Å². The van der Waals surface area contributed by atoms with Gasteiger partial charge < -0.3 is 24.1 Å². The molecule has 0 amide bonds. The van der Waals surface area contributed by atoms with Crippen LogP contribution in [0.3, 0.4) is 0 Å². The van der Waals surface area contributed by atoms with Crippen molar-refractivity contribution in [2.75, 3.05) is 0 Å². The Kier molecular flexibility index (Phi) is 5.14. The molecule has 0 radical (unpaired) electrons. The molecule has 186 valence electrons. The van der Waals surface area contributed by atoms with Crippen molar-refractivity contribution in [1.29, 1.82) is 0 Å². The Hall–Kier alpha value is -2.59. The number of nitrogens with zero attached hydrogens (tertiary/aromatic N) is 1. The quantitative estimate of drug-likeness (QED) is 0.395. The number of aromatic nitrogens is 1. The first kappa shape index (κ1) is 24.1. The number of phenolic OH excluding ortho intramolecular Hbond substituents is 2. The molecule has 2 aliphatic carbocycles. The summed E-state index contributed by atoms with van der Waals surface area (Å²) in [6.07, 6.45) is 0.590. The van der Waals surface area contributed by atoms with Gasteiger partial charge in [0, 0.05) is 18.2 Å². The first-order chi connectivity index (χ1) is 16.1. The lowest BCUT2D eigenvalue weighted by molar-refractivity contribution is -0.153. The highest BCUT2D eigenvalue weighted by atomic mass is 28.4. The van der Waals surface area contributed by atoms with Crippen molar-refractivity contribution in [3.05, 3.63) is 51.8 Å². The van der Waals surface area contributed by atoms with E-state index >= 15 is 0 Å². The Morgan fingerprint density at radius 3 is 2.23 bits per heavy atom. The zero-order valence-corrected chi connectivity index (χ0v) is 22.1. The molecule has 8 nitrogen and oxygen atoms in total. The molecular weight excluding hydrogens is 466 g/mol. The number of benzene rings is 1. The van der Waals surface area contributed by atoms with Gasteiger partial charge in [-0.15, -0.1) is 0 Å². The van der Waals surface area contributed by atoms with Gasteiger partial charge in [-0.25, -0.2) is 0 Å². The van der Waals surface area contributed by atoms with Gasteiger partial charge in [-0.2, -0.15) is 0 Å². The summed E-state index contributed by atoms with van der Waals surface area (Å²) >= 11 is 0. The number of carbonyl (C=O) groups excluding carboxylic acids is 2. The summed E-state index contributed by atoms with van der Waals surface area (Å²) in [5.41, 5.74) is 0.894. The van der Waals surface area contributed by atoms with Gasteiger partial charge >= 0.3 is 0 Å². The molecule has 1 aliphatic heterocycles. The average Bonchev–Trinajstić information content (AvgIpc) is 3.07. The van der Waals surface area contributed by atoms with Crippen LogP contribution in [0.2, 0.25) is 18.1 Å². The van der Waals surface area contributed by atoms with E-state index in [4.69, 9.17) is 13.9 Å². The van der Waals surface area contributed by atoms with E-state index in [1.54, 1.807) is 6.20 Å². The molecule has 1 saturated heterocycles. The number of aromatic hydroxyl groups is 2. The molecule has 2 N–H and O–H groups in total. The minimum absolute atomic E-state index is 0.0164. The first-order valence-corrected chi connectivity index (χ1v) is 14.7. The van der Waals surface area contributed by atoms with E-state index in [1.165, 1.54) is 12.1 Å². The van der Waals surface area contributed by atoms with E-state index in [0.29, 0.717) is 12.0 Å². The highest BCUT2D eigenvalue weighted by Crippen LogP contribution is 2.50. The Morgan fingerprint density at radius 2 is 1.63 bits per heavy atom. The maximum Gasteiger partial charge on any atom is 0.216 e. The van der Waals surface area contributed by atoms with E-state index in [-0.39, 0.29) is 45.0 Å². The third kappa shape index (κ3) is 3.55. The molecule has 1 aromatic heterocycles. The lowest BCUT2D eigenvalue weighted by Crippen LogP contribution is -2.50. The highest BCUT2D eigenvalue weighted by Gasteiger charge is 2.54. The Labute approximate surface area is 205 Å². The van der Waals surface area contributed by atoms with E-state index < -0.39 is 37.9 Å². The number of rotatable bonds is 2. The monoisotopic (exact) mass is 497 g/mol. The molecule has 9 heteroatoms. The van der Waals surface area contributed by atoms with Crippen molar-refractivity contribution in [2.24, 2.45) is 0 Å². The summed E-state index contributed by atoms with van der Waals surface area (Å²) in [6, 6.07) is 2.40. The van der Waals surface area contributed by atoms with Crippen molar-refractivity contribution in [1.82, 2.24) is 4.98 Å². The third-order valence-corrected chi connectivity index (χ3v) is 12.2. The van der Waals surface area contributed by atoms with Crippen molar-refractivity contribution >= 4 is 19.9 Å². The van der Waals surface area contributed by atoms with Gasteiger partial charge in [0.2, 0.25) is 5.78 Å². The summed E-state index contributed by atoms with van der Waals surface area (Å²) in [5.74, 6) is -2.84. The molecule has 2 heterocycles. The van der Waals surface area contributed by atoms with Crippen LogP contribution < -0.4 is 0 Å². The molecule has 5 rings (SSSR count). The fourth-order valence-corrected chi connectivity index (χ4v) is 6.35. The summed E-state index contributed by atoms with van der Waals surface area (Å²) in [4.78, 5) is 31.4. The fourth-order valence-electron chi connectivity index (χ4n) is 5.02. The fraction of sp³-hybridized carbons (Fsp3) is 0.500. The number of ketones is 2. The molecule has 2 aromatic rings. The number of fused-ring (bicyclic) bond motifs is 6. The van der Waals surface area contributed by atoms with Crippen LogP contribution in [0.4, 0.5) is 0 Å². The zero-order valence-electron chi connectivity index (χ0n) is 21.1. The molecule has 0 spiro atoms.